The third-order valence-corrected chi connectivity index (χ3v) is 4.32. The molecule has 0 saturated heterocycles. The Bertz CT molecular complexity index is 967. The summed E-state index contributed by atoms with van der Waals surface area (Å²) >= 11 is 0. The van der Waals surface area contributed by atoms with Crippen molar-refractivity contribution in [2.75, 3.05) is 17.2 Å². The Balaban J connectivity index is 1.69. The molecule has 146 valence electrons. The highest BCUT2D eigenvalue weighted by Crippen LogP contribution is 2.22. The average molecular weight is 382 g/mol. The predicted octanol–water partition coefficient (Wildman–Crippen LogP) is 4.73. The first-order valence-electron chi connectivity index (χ1n) is 9.06. The zero-order valence-corrected chi connectivity index (χ0v) is 16.1. The molecular weight excluding hydrogens is 359 g/mol. The van der Waals surface area contributed by atoms with Crippen molar-refractivity contribution in [3.05, 3.63) is 71.3 Å². The molecule has 2 amide bonds. The summed E-state index contributed by atoms with van der Waals surface area (Å²) < 4.78 is 21.0. The molecule has 28 heavy (non-hydrogen) atoms. The fourth-order valence-electron chi connectivity index (χ4n) is 2.90. The highest BCUT2D eigenvalue weighted by atomic mass is 19.1. The number of rotatable bonds is 6. The minimum atomic E-state index is -0.374. The lowest BCUT2D eigenvalue weighted by atomic mass is 10.2. The summed E-state index contributed by atoms with van der Waals surface area (Å²) in [6.45, 7) is 6.44. The first-order chi connectivity index (χ1) is 13.5. The smallest absolute Gasteiger partial charge is 0.323 e. The number of aromatic nitrogens is 2. The summed E-state index contributed by atoms with van der Waals surface area (Å²) in [5.41, 5.74) is 3.21. The third-order valence-electron chi connectivity index (χ3n) is 4.32. The Kier molecular flexibility index (Phi) is 5.93. The molecule has 0 saturated carbocycles. The van der Waals surface area contributed by atoms with Crippen LogP contribution < -0.4 is 15.4 Å². The van der Waals surface area contributed by atoms with Crippen LogP contribution in [0.1, 0.15) is 23.9 Å². The van der Waals surface area contributed by atoms with Gasteiger partial charge in [-0.1, -0.05) is 18.2 Å². The second-order valence-corrected chi connectivity index (χ2v) is 6.33. The van der Waals surface area contributed by atoms with Gasteiger partial charge in [0.2, 0.25) is 0 Å². The summed E-state index contributed by atoms with van der Waals surface area (Å²) in [5, 5.41) is 10.0. The number of benzene rings is 2. The fraction of sp³-hybridized carbons (Fsp3) is 0.238. The average Bonchev–Trinajstić information content (AvgIpc) is 2.93. The van der Waals surface area contributed by atoms with Crippen LogP contribution in [0.25, 0.3) is 0 Å². The van der Waals surface area contributed by atoms with Crippen LogP contribution in [0, 0.1) is 19.7 Å². The monoisotopic (exact) mass is 382 g/mol. The molecule has 2 N–H and O–H groups in total. The van der Waals surface area contributed by atoms with E-state index in [1.54, 1.807) is 54.1 Å². The number of hydrogen-bond donors (Lipinski definition) is 2. The molecule has 0 aliphatic heterocycles. The molecule has 0 radical (unpaired) electrons. The molecule has 0 unspecified atom stereocenters. The van der Waals surface area contributed by atoms with Crippen molar-refractivity contribution in [2.45, 2.75) is 27.3 Å². The molecular formula is C21H23FN4O2. The van der Waals surface area contributed by atoms with Gasteiger partial charge in [-0.2, -0.15) is 5.10 Å². The first kappa shape index (κ1) is 19.4. The zero-order chi connectivity index (χ0) is 20.1. The van der Waals surface area contributed by atoms with Gasteiger partial charge in [0.05, 0.1) is 30.2 Å². The highest BCUT2D eigenvalue weighted by Gasteiger charge is 2.15. The van der Waals surface area contributed by atoms with Gasteiger partial charge in [-0.05, 0) is 51.1 Å². The number of halogens is 1. The van der Waals surface area contributed by atoms with Crippen LogP contribution in [-0.4, -0.2) is 22.4 Å². The van der Waals surface area contributed by atoms with Gasteiger partial charge in [-0.25, -0.2) is 9.18 Å². The molecule has 3 aromatic rings. The van der Waals surface area contributed by atoms with E-state index in [4.69, 9.17) is 4.74 Å². The summed E-state index contributed by atoms with van der Waals surface area (Å²) in [6, 6.07) is 13.3. The van der Waals surface area contributed by atoms with Crippen molar-refractivity contribution < 1.29 is 13.9 Å². The van der Waals surface area contributed by atoms with Gasteiger partial charge in [-0.3, -0.25) is 4.68 Å². The van der Waals surface area contributed by atoms with Gasteiger partial charge in [0.15, 0.2) is 0 Å². The summed E-state index contributed by atoms with van der Waals surface area (Å²) in [5.74, 6) is 0.465. The Hall–Kier alpha value is -3.35. The minimum Gasteiger partial charge on any atom is -0.494 e. The predicted molar refractivity (Wildman–Crippen MR) is 107 cm³/mol. The second-order valence-electron chi connectivity index (χ2n) is 6.33. The Morgan fingerprint density at radius 1 is 1.11 bits per heavy atom. The van der Waals surface area contributed by atoms with Crippen molar-refractivity contribution >= 4 is 17.4 Å². The van der Waals surface area contributed by atoms with Crippen LogP contribution in [0.3, 0.4) is 0 Å². The standard InChI is InChI=1S/C21H23FN4O2/c1-4-28-18-11-9-17(10-12-18)23-21(27)24-20-14(2)25-26(15(20)3)13-16-7-5-6-8-19(16)22/h5-12H,4,13H2,1-3H3,(H2,23,24,27). The van der Waals surface area contributed by atoms with Crippen molar-refractivity contribution in [1.82, 2.24) is 9.78 Å². The topological polar surface area (TPSA) is 68.2 Å². The molecule has 1 aromatic heterocycles. The molecule has 1 heterocycles. The van der Waals surface area contributed by atoms with E-state index in [9.17, 15) is 9.18 Å². The van der Waals surface area contributed by atoms with E-state index in [1.165, 1.54) is 6.07 Å². The van der Waals surface area contributed by atoms with Crippen LogP contribution in [0.4, 0.5) is 20.6 Å². The van der Waals surface area contributed by atoms with Crippen LogP contribution in [-0.2, 0) is 6.54 Å². The Morgan fingerprint density at radius 3 is 2.50 bits per heavy atom. The van der Waals surface area contributed by atoms with E-state index in [0.717, 1.165) is 11.4 Å². The molecule has 3 rings (SSSR count). The maximum atomic E-state index is 13.9. The van der Waals surface area contributed by atoms with Crippen molar-refractivity contribution in [3.63, 3.8) is 0 Å². The highest BCUT2D eigenvalue weighted by molar-refractivity contribution is 6.00. The quantitative estimate of drug-likeness (QED) is 0.648. The molecule has 0 aliphatic carbocycles. The number of ether oxygens (including phenoxy) is 1. The van der Waals surface area contributed by atoms with E-state index >= 15 is 0 Å². The van der Waals surface area contributed by atoms with E-state index in [2.05, 4.69) is 15.7 Å². The molecule has 0 bridgehead atoms. The fourth-order valence-corrected chi connectivity index (χ4v) is 2.90. The zero-order valence-electron chi connectivity index (χ0n) is 16.1. The van der Waals surface area contributed by atoms with E-state index in [-0.39, 0.29) is 11.8 Å². The van der Waals surface area contributed by atoms with Crippen molar-refractivity contribution in [3.8, 4) is 5.75 Å². The second kappa shape index (κ2) is 8.56. The number of amides is 2. The summed E-state index contributed by atoms with van der Waals surface area (Å²) in [7, 11) is 0. The molecule has 2 aromatic carbocycles. The summed E-state index contributed by atoms with van der Waals surface area (Å²) in [4.78, 5) is 12.4. The lowest BCUT2D eigenvalue weighted by Gasteiger charge is -2.10. The number of aryl methyl sites for hydroxylation is 1. The third kappa shape index (κ3) is 4.49. The van der Waals surface area contributed by atoms with E-state index in [1.807, 2.05) is 13.8 Å². The van der Waals surface area contributed by atoms with Gasteiger partial charge in [0, 0.05) is 11.3 Å². The molecule has 0 aliphatic rings. The molecule has 0 spiro atoms. The number of anilines is 2. The van der Waals surface area contributed by atoms with Crippen LogP contribution >= 0.6 is 0 Å². The SMILES string of the molecule is CCOc1ccc(NC(=O)Nc2c(C)nn(Cc3ccccc3F)c2C)cc1. The van der Waals surface area contributed by atoms with Gasteiger partial charge >= 0.3 is 6.03 Å². The number of nitrogens with one attached hydrogen (secondary N) is 2. The number of nitrogens with zero attached hydrogens (tertiary/aromatic N) is 2. The number of carbonyl (C=O) groups is 1. The maximum Gasteiger partial charge on any atom is 0.323 e. The largest absolute Gasteiger partial charge is 0.494 e. The van der Waals surface area contributed by atoms with E-state index < -0.39 is 0 Å². The maximum absolute atomic E-state index is 13.9. The van der Waals surface area contributed by atoms with Crippen LogP contribution in [0.5, 0.6) is 5.75 Å². The van der Waals surface area contributed by atoms with E-state index in [0.29, 0.717) is 35.8 Å². The van der Waals surface area contributed by atoms with Crippen LogP contribution in [0.15, 0.2) is 48.5 Å². The lowest BCUT2D eigenvalue weighted by Crippen LogP contribution is -2.20. The van der Waals surface area contributed by atoms with Gasteiger partial charge in [-0.15, -0.1) is 0 Å². The number of urea groups is 1. The van der Waals surface area contributed by atoms with Gasteiger partial charge in [0.25, 0.3) is 0 Å². The number of carbonyl (C=O) groups excluding carboxylic acids is 1. The Morgan fingerprint density at radius 2 is 1.82 bits per heavy atom. The first-order valence-corrected chi connectivity index (χ1v) is 9.06. The number of hydrogen-bond acceptors (Lipinski definition) is 3. The van der Waals surface area contributed by atoms with Gasteiger partial charge in [0.1, 0.15) is 11.6 Å². The minimum absolute atomic E-state index is 0.280. The molecule has 0 atom stereocenters. The van der Waals surface area contributed by atoms with Crippen molar-refractivity contribution in [2.24, 2.45) is 0 Å². The van der Waals surface area contributed by atoms with Crippen LogP contribution in [0.2, 0.25) is 0 Å². The molecule has 0 fully saturated rings. The lowest BCUT2D eigenvalue weighted by molar-refractivity contribution is 0.262. The van der Waals surface area contributed by atoms with Crippen molar-refractivity contribution in [1.29, 1.82) is 0 Å². The Labute approximate surface area is 163 Å². The molecule has 7 heteroatoms. The van der Waals surface area contributed by atoms with Gasteiger partial charge < -0.3 is 15.4 Å². The summed E-state index contributed by atoms with van der Waals surface area (Å²) in [6.07, 6.45) is 0. The normalized spacial score (nSPS) is 10.6. The molecule has 6 nitrogen and oxygen atoms in total.